The van der Waals surface area contributed by atoms with Crippen LogP contribution in [0.2, 0.25) is 0 Å². The van der Waals surface area contributed by atoms with Crippen LogP contribution in [0.5, 0.6) is 11.5 Å². The Morgan fingerprint density at radius 2 is 1.72 bits per heavy atom. The van der Waals surface area contributed by atoms with Crippen LogP contribution < -0.4 is 14.8 Å². The fourth-order valence-corrected chi connectivity index (χ4v) is 3.20. The molecule has 0 spiro atoms. The minimum atomic E-state index is -0.274. The van der Waals surface area contributed by atoms with E-state index in [0.717, 1.165) is 49.1 Å². The number of rotatable bonds is 14. The summed E-state index contributed by atoms with van der Waals surface area (Å²) in [7, 11) is 0. The van der Waals surface area contributed by atoms with Crippen molar-refractivity contribution in [2.75, 3.05) is 26.4 Å². The minimum Gasteiger partial charge on any atom is -0.490 e. The fourth-order valence-electron chi connectivity index (χ4n) is 2.74. The number of halogens is 2. The third-order valence-corrected chi connectivity index (χ3v) is 5.09. The molecule has 0 radical (unpaired) electrons. The Hall–Kier alpha value is -1.63. The van der Waals surface area contributed by atoms with E-state index in [-0.39, 0.29) is 12.4 Å². The molecule has 0 amide bonds. The van der Waals surface area contributed by atoms with E-state index in [9.17, 15) is 4.39 Å². The number of ether oxygens (including phenoxy) is 3. The molecular formula is C23H31BrFNO3. The lowest BCUT2D eigenvalue weighted by Crippen LogP contribution is -2.17. The van der Waals surface area contributed by atoms with Gasteiger partial charge in [-0.1, -0.05) is 47.5 Å². The number of hydrogen-bond acceptors (Lipinski definition) is 4. The highest BCUT2D eigenvalue weighted by Gasteiger charge is 2.12. The van der Waals surface area contributed by atoms with Gasteiger partial charge in [0.25, 0.3) is 0 Å². The van der Waals surface area contributed by atoms with Crippen molar-refractivity contribution in [1.29, 1.82) is 0 Å². The Morgan fingerprint density at radius 1 is 0.966 bits per heavy atom. The van der Waals surface area contributed by atoms with Gasteiger partial charge in [-0.25, -0.2) is 4.39 Å². The molecule has 2 aromatic carbocycles. The normalized spacial score (nSPS) is 10.9. The second-order valence-corrected chi connectivity index (χ2v) is 7.55. The van der Waals surface area contributed by atoms with E-state index in [1.807, 2.05) is 19.1 Å². The zero-order chi connectivity index (χ0) is 20.9. The summed E-state index contributed by atoms with van der Waals surface area (Å²) in [5.41, 5.74) is 1.59. The largest absolute Gasteiger partial charge is 0.490 e. The molecule has 0 aliphatic rings. The summed E-state index contributed by atoms with van der Waals surface area (Å²) in [6.45, 7) is 7.98. The lowest BCUT2D eigenvalue weighted by molar-refractivity contribution is 0.128. The summed E-state index contributed by atoms with van der Waals surface area (Å²) in [6.07, 6.45) is 3.25. The van der Waals surface area contributed by atoms with E-state index < -0.39 is 0 Å². The summed E-state index contributed by atoms with van der Waals surface area (Å²) >= 11 is 3.61. The van der Waals surface area contributed by atoms with Crippen LogP contribution in [0.25, 0.3) is 0 Å². The molecule has 4 nitrogen and oxygen atoms in total. The van der Waals surface area contributed by atoms with E-state index in [0.29, 0.717) is 30.2 Å². The van der Waals surface area contributed by atoms with Crippen molar-refractivity contribution in [3.05, 3.63) is 57.8 Å². The summed E-state index contributed by atoms with van der Waals surface area (Å²) < 4.78 is 31.9. The number of unbranched alkanes of at least 4 members (excludes halogenated alkanes) is 1. The lowest BCUT2D eigenvalue weighted by atomic mass is 10.2. The van der Waals surface area contributed by atoms with Gasteiger partial charge in [-0.3, -0.25) is 0 Å². The van der Waals surface area contributed by atoms with Gasteiger partial charge in [-0.2, -0.15) is 0 Å². The lowest BCUT2D eigenvalue weighted by Gasteiger charge is -2.16. The quantitative estimate of drug-likeness (QED) is 0.353. The van der Waals surface area contributed by atoms with Crippen molar-refractivity contribution < 1.29 is 18.6 Å². The zero-order valence-corrected chi connectivity index (χ0v) is 18.9. The van der Waals surface area contributed by atoms with Crippen molar-refractivity contribution in [2.24, 2.45) is 0 Å². The first-order valence-corrected chi connectivity index (χ1v) is 11.0. The average Bonchev–Trinajstić information content (AvgIpc) is 2.72. The molecule has 0 unspecified atom stereocenters. The van der Waals surface area contributed by atoms with Gasteiger partial charge in [0.2, 0.25) is 0 Å². The van der Waals surface area contributed by atoms with Crippen LogP contribution in [0.1, 0.15) is 44.2 Å². The number of nitrogens with one attached hydrogen (secondary N) is 1. The summed E-state index contributed by atoms with van der Waals surface area (Å²) in [4.78, 5) is 0. The van der Waals surface area contributed by atoms with Crippen LogP contribution in [0, 0.1) is 5.82 Å². The van der Waals surface area contributed by atoms with Gasteiger partial charge in [0, 0.05) is 29.8 Å². The van der Waals surface area contributed by atoms with Gasteiger partial charge in [-0.05, 0) is 50.1 Å². The monoisotopic (exact) mass is 467 g/mol. The van der Waals surface area contributed by atoms with Gasteiger partial charge in [0.15, 0.2) is 11.5 Å². The van der Waals surface area contributed by atoms with Crippen molar-refractivity contribution in [3.63, 3.8) is 0 Å². The first-order chi connectivity index (χ1) is 14.2. The van der Waals surface area contributed by atoms with Crippen molar-refractivity contribution in [1.82, 2.24) is 5.32 Å². The average molecular weight is 468 g/mol. The van der Waals surface area contributed by atoms with E-state index in [1.165, 1.54) is 6.07 Å². The molecule has 29 heavy (non-hydrogen) atoms. The summed E-state index contributed by atoms with van der Waals surface area (Å²) in [6, 6.07) is 10.5. The molecule has 0 aliphatic carbocycles. The van der Waals surface area contributed by atoms with Crippen LogP contribution in [0.15, 0.2) is 40.9 Å². The first kappa shape index (κ1) is 23.6. The molecule has 0 aliphatic heterocycles. The third-order valence-electron chi connectivity index (χ3n) is 4.35. The highest BCUT2D eigenvalue weighted by atomic mass is 79.9. The van der Waals surface area contributed by atoms with Crippen LogP contribution in [-0.2, 0) is 17.9 Å². The molecule has 160 valence electrons. The van der Waals surface area contributed by atoms with Gasteiger partial charge in [-0.15, -0.1) is 0 Å². The Labute approximate surface area is 181 Å². The molecule has 6 heteroatoms. The summed E-state index contributed by atoms with van der Waals surface area (Å²) in [5, 5.41) is 3.43. The third kappa shape index (κ3) is 8.33. The molecule has 0 bridgehead atoms. The van der Waals surface area contributed by atoms with Gasteiger partial charge >= 0.3 is 0 Å². The second kappa shape index (κ2) is 13.6. The first-order valence-electron chi connectivity index (χ1n) is 10.3. The Balaban J connectivity index is 1.90. The Kier molecular flexibility index (Phi) is 11.1. The molecule has 0 saturated carbocycles. The molecule has 0 aromatic heterocycles. The van der Waals surface area contributed by atoms with Crippen LogP contribution >= 0.6 is 15.9 Å². The molecule has 0 atom stereocenters. The van der Waals surface area contributed by atoms with Gasteiger partial charge < -0.3 is 19.5 Å². The van der Waals surface area contributed by atoms with Crippen molar-refractivity contribution in [3.8, 4) is 11.5 Å². The smallest absolute Gasteiger partial charge is 0.162 e. The van der Waals surface area contributed by atoms with Crippen LogP contribution in [0.4, 0.5) is 4.39 Å². The molecule has 1 N–H and O–H groups in total. The van der Waals surface area contributed by atoms with Crippen molar-refractivity contribution in [2.45, 2.75) is 46.3 Å². The highest BCUT2D eigenvalue weighted by Crippen LogP contribution is 2.34. The SMILES string of the molecule is CCCCOCCCNCc1cc(OCC)c(OCc2ccccc2F)cc1Br. The molecule has 0 heterocycles. The van der Waals surface area contributed by atoms with E-state index >= 15 is 0 Å². The Bertz CT molecular complexity index is 742. The number of hydrogen-bond donors (Lipinski definition) is 1. The minimum absolute atomic E-state index is 0.148. The maximum absolute atomic E-state index is 13.8. The highest BCUT2D eigenvalue weighted by molar-refractivity contribution is 9.10. The predicted molar refractivity (Wildman–Crippen MR) is 118 cm³/mol. The second-order valence-electron chi connectivity index (χ2n) is 6.70. The van der Waals surface area contributed by atoms with Crippen LogP contribution in [0.3, 0.4) is 0 Å². The zero-order valence-electron chi connectivity index (χ0n) is 17.3. The van der Waals surface area contributed by atoms with Gasteiger partial charge in [0.1, 0.15) is 12.4 Å². The van der Waals surface area contributed by atoms with E-state index in [4.69, 9.17) is 14.2 Å². The molecule has 0 fully saturated rings. The maximum atomic E-state index is 13.8. The topological polar surface area (TPSA) is 39.7 Å². The Morgan fingerprint density at radius 3 is 2.48 bits per heavy atom. The predicted octanol–water partition coefficient (Wildman–Crippen LogP) is 5.86. The maximum Gasteiger partial charge on any atom is 0.162 e. The standard InChI is InChI=1S/C23H31BrFNO3/c1-3-5-12-27-13-8-11-26-16-19-14-22(28-4-2)23(15-20(19)24)29-17-18-9-6-7-10-21(18)25/h6-7,9-10,14-15,26H,3-5,8,11-13,16-17H2,1-2H3. The van der Waals surface area contributed by atoms with Crippen LogP contribution in [-0.4, -0.2) is 26.4 Å². The fraction of sp³-hybridized carbons (Fsp3) is 0.478. The molecule has 0 saturated heterocycles. The molecule has 2 rings (SSSR count). The molecular weight excluding hydrogens is 437 g/mol. The molecule has 2 aromatic rings. The van der Waals surface area contributed by atoms with Gasteiger partial charge in [0.05, 0.1) is 6.61 Å². The summed E-state index contributed by atoms with van der Waals surface area (Å²) in [5.74, 6) is 0.978. The van der Waals surface area contributed by atoms with Crippen molar-refractivity contribution >= 4 is 15.9 Å². The number of benzene rings is 2. The van der Waals surface area contributed by atoms with E-state index in [1.54, 1.807) is 18.2 Å². The van der Waals surface area contributed by atoms with E-state index in [2.05, 4.69) is 28.2 Å².